The van der Waals surface area contributed by atoms with Gasteiger partial charge in [0.25, 0.3) is 10.1 Å². The molecule has 5 aromatic rings. The van der Waals surface area contributed by atoms with Crippen LogP contribution in [-0.4, -0.2) is 233 Å². The maximum absolute atomic E-state index is 15.0. The van der Waals surface area contributed by atoms with E-state index in [4.69, 9.17) is 18.4 Å². The van der Waals surface area contributed by atoms with E-state index in [1.165, 1.54) is 13.2 Å². The van der Waals surface area contributed by atoms with Crippen molar-refractivity contribution in [1.82, 2.24) is 29.1 Å². The number of carbonyl (C=O) groups excluding carboxylic acids is 5. The van der Waals surface area contributed by atoms with Gasteiger partial charge in [0.2, 0.25) is 11.8 Å². The van der Waals surface area contributed by atoms with Crippen molar-refractivity contribution in [3.63, 3.8) is 0 Å². The van der Waals surface area contributed by atoms with E-state index < -0.39 is 55.1 Å². The number of alkyl halides is 3. The van der Waals surface area contributed by atoms with Gasteiger partial charge < -0.3 is 38.2 Å². The number of fused-ring (bicyclic) bond motifs is 6. The van der Waals surface area contributed by atoms with Crippen LogP contribution in [0.5, 0.6) is 23.0 Å². The molecule has 3 aliphatic heterocycles. The fourth-order valence-corrected chi connectivity index (χ4v) is 23.0. The number of aromatic nitrogens is 2. The Morgan fingerprint density at radius 1 is 0.554 bits per heavy atom. The lowest BCUT2D eigenvalue weighted by atomic mass is 9.89. The lowest BCUT2D eigenvalue weighted by Gasteiger charge is -2.29. The first kappa shape index (κ1) is 89.5. The zero-order valence-electron chi connectivity index (χ0n) is 65.0. The van der Waals surface area contributed by atoms with Gasteiger partial charge in [-0.25, -0.2) is 23.1 Å². The number of Topliss-reactive ketones (excluding diaryl/α,β-unsaturated/α-hetero) is 3. The molecule has 33 heteroatoms. The van der Waals surface area contributed by atoms with Crippen LogP contribution >= 0.6 is 57.8 Å². The Bertz CT molecular complexity index is 4390. The van der Waals surface area contributed by atoms with Crippen molar-refractivity contribution >= 4 is 133 Å². The predicted octanol–water partition coefficient (Wildman–Crippen LogP) is 16.3. The summed E-state index contributed by atoms with van der Waals surface area (Å²) in [5, 5.41) is 11.6. The molecule has 5 heterocycles. The molecule has 1 N–H and O–H groups in total. The highest BCUT2D eigenvalue weighted by molar-refractivity contribution is 8.77. The largest absolute Gasteiger partial charge is 0.508 e. The van der Waals surface area contributed by atoms with E-state index >= 15 is 4.57 Å². The van der Waals surface area contributed by atoms with E-state index in [1.54, 1.807) is 147 Å². The van der Waals surface area contributed by atoms with Crippen molar-refractivity contribution in [2.24, 2.45) is 50.5 Å². The zero-order chi connectivity index (χ0) is 80.9. The van der Waals surface area contributed by atoms with Crippen LogP contribution in [-0.2, 0) is 33.0 Å². The Hall–Kier alpha value is -6.40. The number of ether oxygens (including phenoxy) is 3. The SMILES string of the molecule is CCP(=O)(CCOS(C)(=O)=O)N(C)CCCN(C)C(=O)CCCSSc1ccccn1.COc1cc2c(cc1OCCP(=O)(CCOc1cc3c(cc1C)C(=O)C1C[C@@H](F)C[C@H]1C=N3)N(C)CCCN(C)C(=O)CCCSSc1ccccn1)N=C[C@@H]1C[C@H](F)CC1C2=O.Cc1cc2c(cc1O)N=C[C@@H]1C[C@H](F)CC1C2=O. The number of hydrogen-bond donors (Lipinski definition) is 1. The molecule has 610 valence electrons. The quantitative estimate of drug-likeness (QED) is 0.0169. The van der Waals surface area contributed by atoms with Gasteiger partial charge in [0.05, 0.1) is 50.2 Å². The van der Waals surface area contributed by atoms with Crippen LogP contribution in [0.2, 0.25) is 0 Å². The Balaban J connectivity index is 0.000000240. The van der Waals surface area contributed by atoms with Crippen molar-refractivity contribution in [2.45, 2.75) is 126 Å². The summed E-state index contributed by atoms with van der Waals surface area (Å²) in [6.07, 6.45) is 12.9. The molecule has 0 radical (unpaired) electrons. The number of methoxy groups -OCH3 is 1. The number of benzene rings is 3. The average molecular weight is 1680 g/mol. The molecule has 11 rings (SSSR count). The Labute approximate surface area is 672 Å². The minimum Gasteiger partial charge on any atom is -0.508 e. The monoisotopic (exact) mass is 1680 g/mol. The summed E-state index contributed by atoms with van der Waals surface area (Å²) in [6, 6.07) is 21.5. The van der Waals surface area contributed by atoms with E-state index in [1.807, 2.05) is 62.0 Å². The highest BCUT2D eigenvalue weighted by Crippen LogP contribution is 2.51. The molecule has 3 fully saturated rings. The van der Waals surface area contributed by atoms with Gasteiger partial charge in [-0.2, -0.15) is 8.42 Å². The minimum absolute atomic E-state index is 0.0456. The number of ketones is 3. The Morgan fingerprint density at radius 2 is 0.973 bits per heavy atom. The van der Waals surface area contributed by atoms with Crippen molar-refractivity contribution in [1.29, 1.82) is 0 Å². The van der Waals surface area contributed by atoms with Gasteiger partial charge in [-0.15, -0.1) is 0 Å². The first-order valence-electron chi connectivity index (χ1n) is 37.9. The third kappa shape index (κ3) is 25.3. The molecule has 6 aliphatic rings. The number of phenols is 1. The van der Waals surface area contributed by atoms with E-state index in [0.717, 1.165) is 46.2 Å². The third-order valence-corrected chi connectivity index (χ3v) is 32.9. The zero-order valence-corrected chi connectivity index (χ0v) is 70.9. The predicted molar refractivity (Wildman–Crippen MR) is 443 cm³/mol. The molecule has 2 amide bonds. The fraction of sp³-hybridized carbons (Fsp3) is 0.544. The van der Waals surface area contributed by atoms with Gasteiger partial charge in [0.15, 0.2) is 43.4 Å². The molecule has 5 unspecified atom stereocenters. The second kappa shape index (κ2) is 42.5. The molecule has 2 aromatic heterocycles. The molecule has 3 saturated carbocycles. The minimum atomic E-state index is -3.53. The lowest BCUT2D eigenvalue weighted by Crippen LogP contribution is -2.31. The van der Waals surface area contributed by atoms with Gasteiger partial charge in [0.1, 0.15) is 40.1 Å². The molecule has 11 atom stereocenters. The number of amides is 2. The van der Waals surface area contributed by atoms with Gasteiger partial charge in [-0.05, 0) is 167 Å². The van der Waals surface area contributed by atoms with Gasteiger partial charge >= 0.3 is 0 Å². The first-order chi connectivity index (χ1) is 53.5. The summed E-state index contributed by atoms with van der Waals surface area (Å²) in [4.78, 5) is 89.9. The van der Waals surface area contributed by atoms with Crippen LogP contribution in [0.25, 0.3) is 0 Å². The summed E-state index contributed by atoms with van der Waals surface area (Å²) in [5.74, 6) is 1.07. The summed E-state index contributed by atoms with van der Waals surface area (Å²) < 4.78 is 119. The van der Waals surface area contributed by atoms with Gasteiger partial charge in [-0.1, -0.05) is 40.6 Å². The van der Waals surface area contributed by atoms with E-state index in [0.29, 0.717) is 121 Å². The van der Waals surface area contributed by atoms with Crippen molar-refractivity contribution in [3.05, 3.63) is 113 Å². The van der Waals surface area contributed by atoms with Crippen LogP contribution in [0.4, 0.5) is 30.2 Å². The molecule has 3 aliphatic carbocycles. The fourth-order valence-electron chi connectivity index (χ4n) is 14.4. The van der Waals surface area contributed by atoms with Gasteiger partial charge in [0, 0.05) is 191 Å². The summed E-state index contributed by atoms with van der Waals surface area (Å²) in [6.45, 7) is 7.58. The highest BCUT2D eigenvalue weighted by atomic mass is 33.1. The number of phenolic OH excluding ortho intramolecular Hbond substituents is 1. The molecule has 112 heavy (non-hydrogen) atoms. The number of pyridine rings is 2. The Morgan fingerprint density at radius 3 is 1.41 bits per heavy atom. The first-order valence-corrected chi connectivity index (χ1v) is 48.4. The number of nitrogens with zero attached hydrogens (tertiary/aromatic N) is 9. The maximum Gasteiger partial charge on any atom is 0.264 e. The van der Waals surface area contributed by atoms with Gasteiger partial charge in [-0.3, -0.25) is 52.5 Å². The van der Waals surface area contributed by atoms with Crippen LogP contribution in [0.3, 0.4) is 0 Å². The van der Waals surface area contributed by atoms with Crippen molar-refractivity contribution in [2.75, 3.05) is 124 Å². The number of aliphatic imine (C=N–C) groups is 3. The Kier molecular flexibility index (Phi) is 33.9. The molecule has 23 nitrogen and oxygen atoms in total. The maximum atomic E-state index is 15.0. The average Bonchev–Trinajstić information content (AvgIpc) is 1.61. The van der Waals surface area contributed by atoms with Crippen LogP contribution in [0.15, 0.2) is 110 Å². The summed E-state index contributed by atoms with van der Waals surface area (Å²) in [5.41, 5.74) is 4.09. The number of aryl methyl sites for hydroxylation is 2. The third-order valence-electron chi connectivity index (χ3n) is 21.1. The van der Waals surface area contributed by atoms with Crippen molar-refractivity contribution in [3.8, 4) is 23.0 Å². The molecular weight excluding hydrogens is 1580 g/mol. The van der Waals surface area contributed by atoms with Crippen LogP contribution in [0.1, 0.15) is 126 Å². The lowest BCUT2D eigenvalue weighted by molar-refractivity contribution is -0.130. The van der Waals surface area contributed by atoms with E-state index in [2.05, 4.69) is 24.9 Å². The molecule has 0 bridgehead atoms. The number of rotatable bonds is 36. The van der Waals surface area contributed by atoms with E-state index in [9.17, 15) is 55.2 Å². The van der Waals surface area contributed by atoms with E-state index in [-0.39, 0.29) is 129 Å². The van der Waals surface area contributed by atoms with Crippen LogP contribution in [0, 0.1) is 49.4 Å². The number of aromatic hydroxyl groups is 1. The van der Waals surface area contributed by atoms with Crippen LogP contribution < -0.4 is 14.2 Å². The topological polar surface area (TPSA) is 287 Å². The smallest absolute Gasteiger partial charge is 0.264 e. The molecule has 3 aromatic carbocycles. The normalized spacial score (nSPS) is 21.7. The standard InChI is InChI=1S/C46H56F2N5O7PS2.C19H34N3O5PS3.C14H14FNO2/c1-29-19-36-38(50-27-30-20-32(47)22-34(30)45(36)55)25-40(29)59-14-16-61(57,53(3)13-8-12-52(2)44(54)10-7-18-62-63-43-9-5-6-11-49-43)17-15-60-42-26-39-37(24-41(42)58-4)46(56)35-23-33(48)21-31(35)28-51-39;1-5-28(24,16-15-27-31(4,25)26)22(3)14-9-13-21(2)19(23)11-8-17-29-30-18-10-6-7-12-20-18;1-7-2-11-12(5-13(7)17)16-6-8-3-9(15)4-10(8)14(11)18/h5-6,9,11,19,24-28,30-35H,7-8,10,12-18,20-23H2,1-4H3;6-7,10,12H,5,8-9,11,13-17H2,1-4H3;2,5-6,8-10,17H,3-4H2,1H3/t30-,31-,32-,33-,34?,35?,61?;;8-,9-,10?/m0.0/s1. The highest BCUT2D eigenvalue weighted by Gasteiger charge is 2.44. The summed E-state index contributed by atoms with van der Waals surface area (Å²) >= 11 is 0. The number of halogens is 3. The second-order valence-corrected chi connectivity index (χ2v) is 42.4. The molecule has 0 saturated heterocycles. The molecular formula is C79H104F3N9O14P2S5. The van der Waals surface area contributed by atoms with Crippen molar-refractivity contribution < 1.29 is 78.2 Å². The number of hydrogen-bond acceptors (Lipinski definition) is 23. The summed E-state index contributed by atoms with van der Waals surface area (Å²) in [7, 11) is 5.83. The number of carbonyl (C=O) groups is 5. The molecule has 0 spiro atoms. The second-order valence-electron chi connectivity index (χ2n) is 29.1.